The van der Waals surface area contributed by atoms with E-state index in [2.05, 4.69) is 5.32 Å². The molecule has 0 aliphatic carbocycles. The number of rotatable bonds is 6. The Morgan fingerprint density at radius 3 is 2.62 bits per heavy atom. The number of nitrogens with two attached hydrogens (primary N) is 1. The molecule has 0 saturated carbocycles. The largest absolute Gasteiger partial charge is 0.480 e. The fraction of sp³-hybridized carbons (Fsp3) is 0.750. The van der Waals surface area contributed by atoms with Gasteiger partial charge < -0.3 is 16.2 Å². The molecule has 1 atom stereocenters. The second kappa shape index (κ2) is 6.42. The van der Waals surface area contributed by atoms with Gasteiger partial charge in [-0.25, -0.2) is 0 Å². The number of carbonyl (C=O) groups excluding carboxylic acids is 1. The first-order valence-corrected chi connectivity index (χ1v) is 4.33. The van der Waals surface area contributed by atoms with Crippen molar-refractivity contribution in [2.45, 2.75) is 32.2 Å². The minimum atomic E-state index is -1.06. The topological polar surface area (TPSA) is 92.4 Å². The number of hydrogen-bond acceptors (Lipinski definition) is 3. The summed E-state index contributed by atoms with van der Waals surface area (Å²) < 4.78 is 0. The molecule has 0 fully saturated rings. The van der Waals surface area contributed by atoms with Crippen molar-refractivity contribution in [3.05, 3.63) is 0 Å². The monoisotopic (exact) mass is 188 g/mol. The Kier molecular flexibility index (Phi) is 5.88. The number of unbranched alkanes of at least 4 members (excludes halogenated alkanes) is 1. The summed E-state index contributed by atoms with van der Waals surface area (Å²) in [7, 11) is 0. The molecule has 0 aromatic rings. The maximum Gasteiger partial charge on any atom is 0.322 e. The van der Waals surface area contributed by atoms with E-state index in [1.807, 2.05) is 6.92 Å². The van der Waals surface area contributed by atoms with Crippen LogP contribution in [0, 0.1) is 0 Å². The van der Waals surface area contributed by atoms with Crippen molar-refractivity contribution in [3.8, 4) is 0 Å². The molecular formula is C8H16N2O3. The number of aliphatic carboxylic acids is 1. The maximum absolute atomic E-state index is 11.1. The van der Waals surface area contributed by atoms with Gasteiger partial charge >= 0.3 is 5.97 Å². The van der Waals surface area contributed by atoms with Gasteiger partial charge in [0.2, 0.25) is 5.91 Å². The first kappa shape index (κ1) is 11.9. The molecule has 0 rings (SSSR count). The molecular weight excluding hydrogens is 172 g/mol. The van der Waals surface area contributed by atoms with E-state index in [0.29, 0.717) is 6.42 Å². The highest BCUT2D eigenvalue weighted by Gasteiger charge is 2.12. The smallest absolute Gasteiger partial charge is 0.322 e. The molecule has 76 valence electrons. The van der Waals surface area contributed by atoms with Crippen LogP contribution in [-0.2, 0) is 9.59 Å². The molecule has 0 radical (unpaired) electrons. The first-order valence-electron chi connectivity index (χ1n) is 4.33. The summed E-state index contributed by atoms with van der Waals surface area (Å²) in [5.41, 5.74) is 5.48. The van der Waals surface area contributed by atoms with Crippen molar-refractivity contribution in [2.75, 3.05) is 6.54 Å². The van der Waals surface area contributed by atoms with Crippen LogP contribution in [-0.4, -0.2) is 29.6 Å². The highest BCUT2D eigenvalue weighted by molar-refractivity contribution is 5.84. The Balaban J connectivity index is 3.63. The van der Waals surface area contributed by atoms with Crippen molar-refractivity contribution in [3.63, 3.8) is 0 Å². The average Bonchev–Trinajstić information content (AvgIpc) is 2.10. The highest BCUT2D eigenvalue weighted by atomic mass is 16.4. The van der Waals surface area contributed by atoms with E-state index in [4.69, 9.17) is 10.8 Å². The predicted octanol–water partition coefficient (Wildman–Crippen LogP) is -0.295. The van der Waals surface area contributed by atoms with Crippen LogP contribution < -0.4 is 11.1 Å². The van der Waals surface area contributed by atoms with Crippen LogP contribution in [0.4, 0.5) is 0 Å². The van der Waals surface area contributed by atoms with Crippen LogP contribution in [0.1, 0.15) is 26.2 Å². The lowest BCUT2D eigenvalue weighted by Gasteiger charge is -2.09. The van der Waals surface area contributed by atoms with Gasteiger partial charge in [-0.15, -0.1) is 0 Å². The number of carboxylic acid groups (broad SMARTS) is 1. The molecule has 13 heavy (non-hydrogen) atoms. The van der Waals surface area contributed by atoms with Crippen molar-refractivity contribution < 1.29 is 14.7 Å². The minimum Gasteiger partial charge on any atom is -0.480 e. The molecule has 5 nitrogen and oxygen atoms in total. The van der Waals surface area contributed by atoms with Crippen LogP contribution in [0.15, 0.2) is 0 Å². The maximum atomic E-state index is 11.1. The third kappa shape index (κ3) is 6.10. The van der Waals surface area contributed by atoms with Crippen LogP contribution >= 0.6 is 0 Å². The Bertz CT molecular complexity index is 182. The molecule has 4 N–H and O–H groups in total. The van der Waals surface area contributed by atoms with Crippen LogP contribution in [0.3, 0.4) is 0 Å². The fourth-order valence-corrected chi connectivity index (χ4v) is 0.849. The van der Waals surface area contributed by atoms with Crippen LogP contribution in [0.25, 0.3) is 0 Å². The van der Waals surface area contributed by atoms with E-state index in [0.717, 1.165) is 12.8 Å². The Morgan fingerprint density at radius 2 is 2.15 bits per heavy atom. The first-order chi connectivity index (χ1) is 6.07. The van der Waals surface area contributed by atoms with Crippen molar-refractivity contribution in [1.82, 2.24) is 5.32 Å². The summed E-state index contributed by atoms with van der Waals surface area (Å²) in [4.78, 5) is 21.1. The number of carbonyl (C=O) groups is 2. The van der Waals surface area contributed by atoms with Crippen LogP contribution in [0.5, 0.6) is 0 Å². The normalized spacial score (nSPS) is 12.2. The lowest BCUT2D eigenvalue weighted by Crippen LogP contribution is -2.42. The zero-order valence-corrected chi connectivity index (χ0v) is 7.75. The minimum absolute atomic E-state index is 0.362. The summed E-state index contributed by atoms with van der Waals surface area (Å²) in [6.07, 6.45) is 2.45. The quantitative estimate of drug-likeness (QED) is 0.533. The van der Waals surface area contributed by atoms with E-state index in [9.17, 15) is 9.59 Å². The standard InChI is InChI=1S/C8H16N2O3/c1-2-3-4-6(9)8(13)10-5-7(11)12/h6H,2-5,9H2,1H3,(H,10,13)(H,11,12)/t6-/m0/s1. The second-order valence-corrected chi connectivity index (χ2v) is 2.86. The van der Waals surface area contributed by atoms with E-state index in [-0.39, 0.29) is 6.54 Å². The molecule has 0 aliphatic rings. The van der Waals surface area contributed by atoms with Crippen LogP contribution in [0.2, 0.25) is 0 Å². The zero-order valence-electron chi connectivity index (χ0n) is 7.75. The lowest BCUT2D eigenvalue weighted by atomic mass is 10.1. The molecule has 0 bridgehead atoms. The van der Waals surface area contributed by atoms with Crippen molar-refractivity contribution in [1.29, 1.82) is 0 Å². The van der Waals surface area contributed by atoms with E-state index in [1.54, 1.807) is 0 Å². The third-order valence-corrected chi connectivity index (χ3v) is 1.62. The van der Waals surface area contributed by atoms with Gasteiger partial charge in [0.25, 0.3) is 0 Å². The van der Waals surface area contributed by atoms with Gasteiger partial charge in [-0.1, -0.05) is 19.8 Å². The molecule has 0 saturated heterocycles. The summed E-state index contributed by atoms with van der Waals surface area (Å²) >= 11 is 0. The van der Waals surface area contributed by atoms with Gasteiger partial charge in [-0.2, -0.15) is 0 Å². The Labute approximate surface area is 77.3 Å². The molecule has 0 spiro atoms. The Morgan fingerprint density at radius 1 is 1.54 bits per heavy atom. The summed E-state index contributed by atoms with van der Waals surface area (Å²) in [5, 5.41) is 10.5. The predicted molar refractivity (Wildman–Crippen MR) is 48.1 cm³/mol. The molecule has 5 heteroatoms. The second-order valence-electron chi connectivity index (χ2n) is 2.86. The third-order valence-electron chi connectivity index (χ3n) is 1.62. The van der Waals surface area contributed by atoms with Gasteiger partial charge in [-0.3, -0.25) is 9.59 Å². The van der Waals surface area contributed by atoms with Gasteiger partial charge in [-0.05, 0) is 6.42 Å². The molecule has 0 aliphatic heterocycles. The number of nitrogens with one attached hydrogen (secondary N) is 1. The SMILES string of the molecule is CCCC[C@H](N)C(=O)NCC(=O)O. The summed E-state index contributed by atoms with van der Waals surface area (Å²) in [6.45, 7) is 1.64. The summed E-state index contributed by atoms with van der Waals surface area (Å²) in [6, 6.07) is -0.584. The number of amides is 1. The van der Waals surface area contributed by atoms with E-state index < -0.39 is 17.9 Å². The van der Waals surface area contributed by atoms with E-state index >= 15 is 0 Å². The van der Waals surface area contributed by atoms with E-state index in [1.165, 1.54) is 0 Å². The highest BCUT2D eigenvalue weighted by Crippen LogP contribution is 1.97. The molecule has 0 heterocycles. The van der Waals surface area contributed by atoms with Crippen molar-refractivity contribution >= 4 is 11.9 Å². The summed E-state index contributed by atoms with van der Waals surface area (Å²) in [5.74, 6) is -1.45. The van der Waals surface area contributed by atoms with Gasteiger partial charge in [0.1, 0.15) is 6.54 Å². The zero-order chi connectivity index (χ0) is 10.3. The lowest BCUT2D eigenvalue weighted by molar-refractivity contribution is -0.138. The molecule has 0 unspecified atom stereocenters. The molecule has 0 aromatic heterocycles. The molecule has 0 aromatic carbocycles. The Hall–Kier alpha value is -1.10. The fourth-order valence-electron chi connectivity index (χ4n) is 0.849. The van der Waals surface area contributed by atoms with Gasteiger partial charge in [0, 0.05) is 0 Å². The van der Waals surface area contributed by atoms with Gasteiger partial charge in [0.15, 0.2) is 0 Å². The van der Waals surface area contributed by atoms with Gasteiger partial charge in [0.05, 0.1) is 6.04 Å². The molecule has 1 amide bonds. The average molecular weight is 188 g/mol. The number of carboxylic acids is 1. The van der Waals surface area contributed by atoms with Crippen molar-refractivity contribution in [2.24, 2.45) is 5.73 Å². The number of hydrogen-bond donors (Lipinski definition) is 3.